The van der Waals surface area contributed by atoms with E-state index in [1.54, 1.807) is 4.31 Å². The third-order valence-electron chi connectivity index (χ3n) is 5.10. The van der Waals surface area contributed by atoms with Gasteiger partial charge >= 0.3 is 0 Å². The lowest BCUT2D eigenvalue weighted by Gasteiger charge is -2.46. The fourth-order valence-electron chi connectivity index (χ4n) is 3.59. The van der Waals surface area contributed by atoms with Crippen LogP contribution in [0.2, 0.25) is 0 Å². The lowest BCUT2D eigenvalue weighted by atomic mass is 9.71. The van der Waals surface area contributed by atoms with Crippen LogP contribution >= 0.6 is 0 Å². The lowest BCUT2D eigenvalue weighted by Crippen LogP contribution is -2.48. The first-order valence-electron chi connectivity index (χ1n) is 7.59. The van der Waals surface area contributed by atoms with E-state index >= 15 is 0 Å². The van der Waals surface area contributed by atoms with Gasteiger partial charge in [0.2, 0.25) is 10.0 Å². The molecule has 0 aliphatic carbocycles. The third-order valence-corrected chi connectivity index (χ3v) is 6.41. The number of hydrogen-bond donors (Lipinski definition) is 0. The first kappa shape index (κ1) is 14.8. The van der Waals surface area contributed by atoms with Crippen LogP contribution in [0.15, 0.2) is 24.5 Å². The largest absolute Gasteiger partial charge is 0.371 e. The second-order valence-electron chi connectivity index (χ2n) is 6.35. The minimum absolute atomic E-state index is 0.352. The standard InChI is InChI=1S/C15H23N3O2S/c1-21(19,20)18-12-6-15(7-13-18)4-10-17(11-5-15)14-2-8-16-9-3-14/h2-3,8-9H,4-7,10-13H2,1H3. The maximum atomic E-state index is 11.6. The molecule has 0 amide bonds. The first-order valence-corrected chi connectivity index (χ1v) is 9.44. The van der Waals surface area contributed by atoms with Crippen LogP contribution in [0.5, 0.6) is 0 Å². The van der Waals surface area contributed by atoms with Crippen molar-refractivity contribution < 1.29 is 8.42 Å². The maximum Gasteiger partial charge on any atom is 0.211 e. The summed E-state index contributed by atoms with van der Waals surface area (Å²) in [6.45, 7) is 3.49. The van der Waals surface area contributed by atoms with Crippen molar-refractivity contribution in [2.75, 3.05) is 37.3 Å². The Kier molecular flexibility index (Phi) is 3.92. The zero-order valence-corrected chi connectivity index (χ0v) is 13.3. The number of nitrogens with zero attached hydrogens (tertiary/aromatic N) is 3. The minimum Gasteiger partial charge on any atom is -0.371 e. The van der Waals surface area contributed by atoms with Crippen molar-refractivity contribution >= 4 is 15.7 Å². The highest BCUT2D eigenvalue weighted by Crippen LogP contribution is 2.42. The molecule has 5 nitrogen and oxygen atoms in total. The summed E-state index contributed by atoms with van der Waals surface area (Å²) in [4.78, 5) is 6.48. The van der Waals surface area contributed by atoms with Gasteiger partial charge in [-0.15, -0.1) is 0 Å². The molecule has 21 heavy (non-hydrogen) atoms. The van der Waals surface area contributed by atoms with Gasteiger partial charge in [-0.2, -0.15) is 0 Å². The van der Waals surface area contributed by atoms with Gasteiger partial charge in [-0.3, -0.25) is 4.98 Å². The average molecular weight is 309 g/mol. The molecule has 3 rings (SSSR count). The van der Waals surface area contributed by atoms with Gasteiger partial charge in [0.25, 0.3) is 0 Å². The van der Waals surface area contributed by atoms with Crippen molar-refractivity contribution in [3.63, 3.8) is 0 Å². The monoisotopic (exact) mass is 309 g/mol. The molecule has 0 radical (unpaired) electrons. The summed E-state index contributed by atoms with van der Waals surface area (Å²) in [6.07, 6.45) is 9.32. The van der Waals surface area contributed by atoms with E-state index in [2.05, 4.69) is 22.0 Å². The highest BCUT2D eigenvalue weighted by molar-refractivity contribution is 7.88. The van der Waals surface area contributed by atoms with Crippen LogP contribution in [-0.2, 0) is 10.0 Å². The zero-order valence-electron chi connectivity index (χ0n) is 12.5. The van der Waals surface area contributed by atoms with E-state index < -0.39 is 10.0 Å². The molecule has 1 spiro atoms. The molecule has 1 aromatic rings. The number of anilines is 1. The maximum absolute atomic E-state index is 11.6. The molecule has 0 bridgehead atoms. The number of aromatic nitrogens is 1. The summed E-state index contributed by atoms with van der Waals surface area (Å²) in [6, 6.07) is 4.12. The molecule has 3 heterocycles. The second kappa shape index (κ2) is 5.57. The van der Waals surface area contributed by atoms with E-state index in [0.717, 1.165) is 38.8 Å². The molecule has 0 unspecified atom stereocenters. The highest BCUT2D eigenvalue weighted by atomic mass is 32.2. The fraction of sp³-hybridized carbons (Fsp3) is 0.667. The fourth-order valence-corrected chi connectivity index (χ4v) is 4.43. The summed E-state index contributed by atoms with van der Waals surface area (Å²) in [7, 11) is -3.02. The lowest BCUT2D eigenvalue weighted by molar-refractivity contribution is 0.119. The molecular weight excluding hydrogens is 286 g/mol. The van der Waals surface area contributed by atoms with Gasteiger partial charge in [-0.05, 0) is 43.2 Å². The van der Waals surface area contributed by atoms with Crippen molar-refractivity contribution in [3.05, 3.63) is 24.5 Å². The molecule has 0 atom stereocenters. The van der Waals surface area contributed by atoms with Crippen LogP contribution in [-0.4, -0.2) is 50.1 Å². The number of hydrogen-bond acceptors (Lipinski definition) is 4. The Balaban J connectivity index is 1.59. The van der Waals surface area contributed by atoms with E-state index in [4.69, 9.17) is 0 Å². The van der Waals surface area contributed by atoms with Gasteiger partial charge in [0.15, 0.2) is 0 Å². The molecule has 2 aliphatic rings. The van der Waals surface area contributed by atoms with Crippen LogP contribution in [0, 0.1) is 5.41 Å². The summed E-state index contributed by atoms with van der Waals surface area (Å²) in [5.41, 5.74) is 1.60. The number of pyridine rings is 1. The van der Waals surface area contributed by atoms with Crippen LogP contribution in [0.1, 0.15) is 25.7 Å². The Morgan fingerprint density at radius 1 is 1.00 bits per heavy atom. The molecule has 0 aromatic carbocycles. The van der Waals surface area contributed by atoms with Crippen LogP contribution in [0.4, 0.5) is 5.69 Å². The van der Waals surface area contributed by atoms with Crippen LogP contribution in [0.3, 0.4) is 0 Å². The average Bonchev–Trinajstić information content (AvgIpc) is 2.48. The zero-order chi connectivity index (χ0) is 14.9. The van der Waals surface area contributed by atoms with Crippen molar-refractivity contribution in [1.82, 2.24) is 9.29 Å². The van der Waals surface area contributed by atoms with E-state index in [1.807, 2.05) is 12.4 Å². The van der Waals surface area contributed by atoms with Gasteiger partial charge in [-0.1, -0.05) is 0 Å². The molecule has 2 aliphatic heterocycles. The first-order chi connectivity index (χ1) is 9.99. The van der Waals surface area contributed by atoms with Crippen molar-refractivity contribution in [2.24, 2.45) is 5.41 Å². The summed E-state index contributed by atoms with van der Waals surface area (Å²) in [5, 5.41) is 0. The van der Waals surface area contributed by atoms with Gasteiger partial charge in [0.05, 0.1) is 6.26 Å². The summed E-state index contributed by atoms with van der Waals surface area (Å²) >= 11 is 0. The van der Waals surface area contributed by atoms with Gasteiger partial charge in [-0.25, -0.2) is 12.7 Å². The minimum atomic E-state index is -3.02. The van der Waals surface area contributed by atoms with E-state index in [-0.39, 0.29) is 0 Å². The van der Waals surface area contributed by atoms with E-state index in [1.165, 1.54) is 11.9 Å². The predicted molar refractivity (Wildman–Crippen MR) is 83.8 cm³/mol. The number of piperidine rings is 2. The van der Waals surface area contributed by atoms with Crippen LogP contribution in [0.25, 0.3) is 0 Å². The number of rotatable bonds is 2. The van der Waals surface area contributed by atoms with Gasteiger partial charge in [0, 0.05) is 44.3 Å². The SMILES string of the molecule is CS(=O)(=O)N1CCC2(CCN(c3ccncc3)CC2)CC1. The van der Waals surface area contributed by atoms with E-state index in [9.17, 15) is 8.42 Å². The predicted octanol–water partition coefficient (Wildman–Crippen LogP) is 1.72. The highest BCUT2D eigenvalue weighted by Gasteiger charge is 2.39. The Bertz CT molecular complexity index is 570. The Morgan fingerprint density at radius 2 is 1.52 bits per heavy atom. The van der Waals surface area contributed by atoms with E-state index in [0.29, 0.717) is 18.5 Å². The van der Waals surface area contributed by atoms with Gasteiger partial charge < -0.3 is 4.90 Å². The Hall–Kier alpha value is -1.14. The molecule has 2 saturated heterocycles. The molecule has 1 aromatic heterocycles. The summed E-state index contributed by atoms with van der Waals surface area (Å²) < 4.78 is 24.8. The third kappa shape index (κ3) is 3.21. The smallest absolute Gasteiger partial charge is 0.211 e. The molecular formula is C15H23N3O2S. The van der Waals surface area contributed by atoms with Crippen LogP contribution < -0.4 is 4.90 Å². The molecule has 2 fully saturated rings. The summed E-state index contributed by atoms with van der Waals surface area (Å²) in [5.74, 6) is 0. The molecule has 0 saturated carbocycles. The quantitative estimate of drug-likeness (QED) is 0.835. The van der Waals surface area contributed by atoms with Crippen molar-refractivity contribution in [1.29, 1.82) is 0 Å². The van der Waals surface area contributed by atoms with Crippen molar-refractivity contribution in [3.8, 4) is 0 Å². The Morgan fingerprint density at radius 3 is 2.05 bits per heavy atom. The normalized spacial score (nSPS) is 23.4. The topological polar surface area (TPSA) is 53.5 Å². The number of sulfonamides is 1. The van der Waals surface area contributed by atoms with Crippen molar-refractivity contribution in [2.45, 2.75) is 25.7 Å². The molecule has 116 valence electrons. The Labute approximate surface area is 127 Å². The molecule has 0 N–H and O–H groups in total. The second-order valence-corrected chi connectivity index (χ2v) is 8.34. The van der Waals surface area contributed by atoms with Gasteiger partial charge in [0.1, 0.15) is 0 Å². The molecule has 6 heteroatoms.